The van der Waals surface area contributed by atoms with Crippen LogP contribution in [-0.2, 0) is 28.6 Å². The summed E-state index contributed by atoms with van der Waals surface area (Å²) in [4.78, 5) is 38.3. The third-order valence-corrected chi connectivity index (χ3v) is 15.3. The van der Waals surface area contributed by atoms with Gasteiger partial charge in [-0.1, -0.05) is 332 Å². The van der Waals surface area contributed by atoms with E-state index < -0.39 is 6.10 Å². The van der Waals surface area contributed by atoms with Crippen LogP contribution >= 0.6 is 0 Å². The number of hydrogen-bond donors (Lipinski definition) is 0. The maximum atomic E-state index is 12.9. The summed E-state index contributed by atoms with van der Waals surface area (Å²) in [6.07, 6.45) is 85.6. The van der Waals surface area contributed by atoms with Gasteiger partial charge in [0.2, 0.25) is 0 Å². The molecule has 0 aliphatic heterocycles. The maximum absolute atomic E-state index is 12.9. The lowest BCUT2D eigenvalue weighted by molar-refractivity contribution is -0.166. The Balaban J connectivity index is 4.27. The molecule has 1 atom stereocenters. The Morgan fingerprint density at radius 1 is 0.269 bits per heavy atom. The van der Waals surface area contributed by atoms with Crippen LogP contribution in [0.1, 0.15) is 361 Å². The molecule has 0 radical (unpaired) electrons. The number of allylic oxidation sites excluding steroid dienone is 10. The molecule has 78 heavy (non-hydrogen) atoms. The van der Waals surface area contributed by atoms with E-state index >= 15 is 0 Å². The minimum Gasteiger partial charge on any atom is -0.462 e. The number of unbranched alkanes of at least 4 members (excludes halogenated alkanes) is 42. The largest absolute Gasteiger partial charge is 0.462 e. The van der Waals surface area contributed by atoms with E-state index in [1.165, 1.54) is 250 Å². The molecule has 0 saturated carbocycles. The number of carbonyl (C=O) groups excluding carboxylic acids is 3. The van der Waals surface area contributed by atoms with Gasteiger partial charge in [-0.3, -0.25) is 14.4 Å². The monoisotopic (exact) mass is 1090 g/mol. The summed E-state index contributed by atoms with van der Waals surface area (Å²) in [7, 11) is 0. The van der Waals surface area contributed by atoms with Crippen molar-refractivity contribution in [1.82, 2.24) is 0 Å². The van der Waals surface area contributed by atoms with Crippen LogP contribution in [0.25, 0.3) is 0 Å². The Labute approximate surface area is 485 Å². The van der Waals surface area contributed by atoms with E-state index in [4.69, 9.17) is 14.2 Å². The van der Waals surface area contributed by atoms with E-state index in [0.29, 0.717) is 19.3 Å². The first kappa shape index (κ1) is 75.1. The molecule has 0 aliphatic rings. The van der Waals surface area contributed by atoms with Crippen molar-refractivity contribution in [2.75, 3.05) is 13.2 Å². The summed E-state index contributed by atoms with van der Waals surface area (Å²) >= 11 is 0. The molecule has 0 rings (SSSR count). The Morgan fingerprint density at radius 3 is 0.859 bits per heavy atom. The zero-order chi connectivity index (χ0) is 56.4. The third kappa shape index (κ3) is 63.9. The van der Waals surface area contributed by atoms with Crippen LogP contribution < -0.4 is 0 Å². The van der Waals surface area contributed by atoms with E-state index in [1.807, 2.05) is 6.08 Å². The predicted octanol–water partition coefficient (Wildman–Crippen LogP) is 23.5. The molecule has 0 heterocycles. The molecule has 0 fully saturated rings. The van der Waals surface area contributed by atoms with Crippen molar-refractivity contribution in [3.8, 4) is 0 Å². The van der Waals surface area contributed by atoms with Crippen LogP contribution in [0.3, 0.4) is 0 Å². The molecule has 0 spiro atoms. The molecule has 0 amide bonds. The second kappa shape index (κ2) is 66.6. The van der Waals surface area contributed by atoms with Crippen molar-refractivity contribution in [1.29, 1.82) is 0 Å². The summed E-state index contributed by atoms with van der Waals surface area (Å²) in [6.45, 7) is 6.52. The highest BCUT2D eigenvalue weighted by Crippen LogP contribution is 2.18. The van der Waals surface area contributed by atoms with Crippen LogP contribution in [0.15, 0.2) is 60.8 Å². The minimum atomic E-state index is -0.802. The number of ether oxygens (including phenoxy) is 3. The van der Waals surface area contributed by atoms with Gasteiger partial charge in [-0.15, -0.1) is 0 Å². The van der Waals surface area contributed by atoms with Crippen molar-refractivity contribution < 1.29 is 28.6 Å². The van der Waals surface area contributed by atoms with Gasteiger partial charge in [-0.2, -0.15) is 0 Å². The fourth-order valence-corrected chi connectivity index (χ4v) is 10.2. The number of carbonyl (C=O) groups is 3. The lowest BCUT2D eigenvalue weighted by Gasteiger charge is -2.18. The predicted molar refractivity (Wildman–Crippen MR) is 339 cm³/mol. The molecule has 6 heteroatoms. The molecule has 0 aromatic carbocycles. The van der Waals surface area contributed by atoms with Gasteiger partial charge < -0.3 is 14.2 Å². The van der Waals surface area contributed by atoms with Gasteiger partial charge in [0.1, 0.15) is 13.2 Å². The summed E-state index contributed by atoms with van der Waals surface area (Å²) < 4.78 is 16.9. The molecule has 0 saturated heterocycles. The Morgan fingerprint density at radius 2 is 0.526 bits per heavy atom. The van der Waals surface area contributed by atoms with Crippen LogP contribution in [-0.4, -0.2) is 37.2 Å². The average molecular weight is 1090 g/mol. The standard InChI is InChI=1S/C72H130O6/c1-4-7-10-13-16-19-22-25-27-29-31-33-35-36-37-39-40-42-44-47-50-53-56-59-62-65-71(74)77-68-69(67-76-70(73)64-61-58-55-52-49-46-24-21-18-15-12-9-6-3)78-72(75)66-63-60-57-54-51-48-45-43-41-38-34-32-30-28-26-23-20-17-14-11-8-5-2/h9,12,18,21,29,31,46,49,55,58,69H,4-8,10-11,13-17,19-20,22-28,30,32-45,47-48,50-54,56-57,59-68H2,1-3H3/b12-9-,21-18-,31-29-,49-46-,58-55-. The smallest absolute Gasteiger partial charge is 0.306 e. The van der Waals surface area contributed by atoms with Crippen molar-refractivity contribution >= 4 is 17.9 Å². The molecule has 0 aromatic rings. The quantitative estimate of drug-likeness (QED) is 0.0261. The van der Waals surface area contributed by atoms with Crippen molar-refractivity contribution in [2.24, 2.45) is 0 Å². The highest BCUT2D eigenvalue weighted by Gasteiger charge is 2.19. The topological polar surface area (TPSA) is 78.9 Å². The van der Waals surface area contributed by atoms with E-state index in [9.17, 15) is 14.4 Å². The summed E-state index contributed by atoms with van der Waals surface area (Å²) in [6, 6.07) is 0. The zero-order valence-corrected chi connectivity index (χ0v) is 52.2. The van der Waals surface area contributed by atoms with E-state index in [1.54, 1.807) is 0 Å². The van der Waals surface area contributed by atoms with Gasteiger partial charge in [0, 0.05) is 19.3 Å². The van der Waals surface area contributed by atoms with E-state index in [0.717, 1.165) is 64.2 Å². The Bertz CT molecular complexity index is 1390. The SMILES string of the molecule is CC/C=C\C/C=C\C/C=C\C/C=C\CCC(=O)OCC(COC(=O)CCCCCCCCCCCCCCC/C=C\CCCCCCCCCC)OC(=O)CCCCCCCCCCCCCCCCCCCCCCCC. The number of hydrogen-bond acceptors (Lipinski definition) is 6. The summed E-state index contributed by atoms with van der Waals surface area (Å²) in [5.74, 6) is -0.956. The Hall–Kier alpha value is -2.89. The third-order valence-electron chi connectivity index (χ3n) is 15.3. The van der Waals surface area contributed by atoms with E-state index in [2.05, 4.69) is 75.5 Å². The lowest BCUT2D eigenvalue weighted by Crippen LogP contribution is -2.30. The fourth-order valence-electron chi connectivity index (χ4n) is 10.2. The lowest BCUT2D eigenvalue weighted by atomic mass is 10.0. The fraction of sp³-hybridized carbons (Fsp3) is 0.819. The van der Waals surface area contributed by atoms with Gasteiger partial charge in [0.25, 0.3) is 0 Å². The Kier molecular flexibility index (Phi) is 64.2. The van der Waals surface area contributed by atoms with Gasteiger partial charge in [0.05, 0.1) is 0 Å². The number of esters is 3. The molecule has 1 unspecified atom stereocenters. The van der Waals surface area contributed by atoms with Gasteiger partial charge >= 0.3 is 17.9 Å². The molecular formula is C72H130O6. The first-order valence-corrected chi connectivity index (χ1v) is 34.3. The molecule has 0 aromatic heterocycles. The maximum Gasteiger partial charge on any atom is 0.306 e. The van der Waals surface area contributed by atoms with Crippen LogP contribution in [0.5, 0.6) is 0 Å². The second-order valence-corrected chi connectivity index (χ2v) is 23.1. The highest BCUT2D eigenvalue weighted by molar-refractivity contribution is 5.71. The molecule has 0 bridgehead atoms. The van der Waals surface area contributed by atoms with Crippen molar-refractivity contribution in [3.05, 3.63) is 60.8 Å². The van der Waals surface area contributed by atoms with Gasteiger partial charge in [-0.05, 0) is 70.6 Å². The van der Waals surface area contributed by atoms with Gasteiger partial charge in [0.15, 0.2) is 6.10 Å². The summed E-state index contributed by atoms with van der Waals surface area (Å²) in [5, 5.41) is 0. The second-order valence-electron chi connectivity index (χ2n) is 23.1. The van der Waals surface area contributed by atoms with Crippen molar-refractivity contribution in [3.63, 3.8) is 0 Å². The summed E-state index contributed by atoms with van der Waals surface area (Å²) in [5.41, 5.74) is 0. The molecule has 0 aliphatic carbocycles. The zero-order valence-electron chi connectivity index (χ0n) is 52.2. The molecule has 454 valence electrons. The van der Waals surface area contributed by atoms with Crippen LogP contribution in [0.4, 0.5) is 0 Å². The molecular weight excluding hydrogens is 961 g/mol. The van der Waals surface area contributed by atoms with Crippen LogP contribution in [0, 0.1) is 0 Å². The van der Waals surface area contributed by atoms with E-state index in [-0.39, 0.29) is 37.5 Å². The first-order valence-electron chi connectivity index (χ1n) is 34.3. The average Bonchev–Trinajstić information content (AvgIpc) is 3.44. The first-order chi connectivity index (χ1) is 38.5. The van der Waals surface area contributed by atoms with Crippen molar-refractivity contribution in [2.45, 2.75) is 367 Å². The minimum absolute atomic E-state index is 0.0924. The highest BCUT2D eigenvalue weighted by atomic mass is 16.6. The normalized spacial score (nSPS) is 12.4. The molecule has 0 N–H and O–H groups in total. The molecule has 6 nitrogen and oxygen atoms in total. The number of rotatable bonds is 63. The van der Waals surface area contributed by atoms with Gasteiger partial charge in [-0.25, -0.2) is 0 Å². The van der Waals surface area contributed by atoms with Crippen LogP contribution in [0.2, 0.25) is 0 Å².